The summed E-state index contributed by atoms with van der Waals surface area (Å²) in [5.74, 6) is 0.840. The van der Waals surface area contributed by atoms with Gasteiger partial charge in [0.15, 0.2) is 5.82 Å². The molecule has 0 radical (unpaired) electrons. The SMILES string of the molecule is O=C(NCc1nncn1-c1ccccc1)Nc1ccc(CN2CCCC2=O)cc1. The molecule has 148 valence electrons. The summed E-state index contributed by atoms with van der Waals surface area (Å²) in [6, 6.07) is 16.9. The zero-order valence-corrected chi connectivity index (χ0v) is 15.9. The average molecular weight is 390 g/mol. The fourth-order valence-corrected chi connectivity index (χ4v) is 3.30. The summed E-state index contributed by atoms with van der Waals surface area (Å²) in [5.41, 5.74) is 2.66. The zero-order chi connectivity index (χ0) is 20.1. The molecule has 1 aliphatic rings. The van der Waals surface area contributed by atoms with Crippen LogP contribution in [0.2, 0.25) is 0 Å². The van der Waals surface area contributed by atoms with Gasteiger partial charge in [-0.25, -0.2) is 4.79 Å². The topological polar surface area (TPSA) is 92.2 Å². The van der Waals surface area contributed by atoms with Gasteiger partial charge >= 0.3 is 6.03 Å². The highest BCUT2D eigenvalue weighted by atomic mass is 16.2. The number of hydrogen-bond donors (Lipinski definition) is 2. The van der Waals surface area contributed by atoms with E-state index in [2.05, 4.69) is 20.8 Å². The lowest BCUT2D eigenvalue weighted by molar-refractivity contribution is -0.128. The minimum Gasteiger partial charge on any atom is -0.338 e. The zero-order valence-electron chi connectivity index (χ0n) is 15.9. The number of para-hydroxylation sites is 1. The number of amides is 3. The van der Waals surface area contributed by atoms with Crippen molar-refractivity contribution < 1.29 is 9.59 Å². The molecule has 8 heteroatoms. The molecule has 3 aromatic rings. The third-order valence-corrected chi connectivity index (χ3v) is 4.82. The number of benzene rings is 2. The molecule has 2 aromatic carbocycles. The Bertz CT molecular complexity index is 984. The lowest BCUT2D eigenvalue weighted by Crippen LogP contribution is -2.29. The van der Waals surface area contributed by atoms with Gasteiger partial charge < -0.3 is 15.5 Å². The van der Waals surface area contributed by atoms with Gasteiger partial charge in [-0.05, 0) is 36.2 Å². The summed E-state index contributed by atoms with van der Waals surface area (Å²) in [7, 11) is 0. The van der Waals surface area contributed by atoms with Gasteiger partial charge in [-0.3, -0.25) is 9.36 Å². The first-order chi connectivity index (χ1) is 14.2. The quantitative estimate of drug-likeness (QED) is 0.677. The van der Waals surface area contributed by atoms with Crippen molar-refractivity contribution in [2.45, 2.75) is 25.9 Å². The lowest BCUT2D eigenvalue weighted by Gasteiger charge is -2.15. The number of aromatic nitrogens is 3. The number of anilines is 1. The van der Waals surface area contributed by atoms with Crippen molar-refractivity contribution in [1.82, 2.24) is 25.0 Å². The molecule has 0 unspecified atom stereocenters. The molecule has 1 saturated heterocycles. The first-order valence-electron chi connectivity index (χ1n) is 9.55. The molecule has 0 saturated carbocycles. The fraction of sp³-hybridized carbons (Fsp3) is 0.238. The number of carbonyl (C=O) groups is 2. The van der Waals surface area contributed by atoms with Crippen LogP contribution in [0.5, 0.6) is 0 Å². The van der Waals surface area contributed by atoms with Crippen LogP contribution in [0, 0.1) is 0 Å². The third-order valence-electron chi connectivity index (χ3n) is 4.82. The highest BCUT2D eigenvalue weighted by Gasteiger charge is 2.19. The van der Waals surface area contributed by atoms with Crippen molar-refractivity contribution in [3.8, 4) is 5.69 Å². The van der Waals surface area contributed by atoms with E-state index in [9.17, 15) is 9.59 Å². The van der Waals surface area contributed by atoms with Crippen LogP contribution in [0.25, 0.3) is 5.69 Å². The Labute approximate surface area is 168 Å². The van der Waals surface area contributed by atoms with Gasteiger partial charge in [0.25, 0.3) is 0 Å². The van der Waals surface area contributed by atoms with Crippen LogP contribution in [0.15, 0.2) is 60.9 Å². The summed E-state index contributed by atoms with van der Waals surface area (Å²) in [5, 5.41) is 13.6. The van der Waals surface area contributed by atoms with E-state index in [0.717, 1.165) is 24.2 Å². The second-order valence-corrected chi connectivity index (χ2v) is 6.88. The van der Waals surface area contributed by atoms with Crippen LogP contribution in [0.1, 0.15) is 24.2 Å². The predicted molar refractivity (Wildman–Crippen MR) is 108 cm³/mol. The van der Waals surface area contributed by atoms with Gasteiger partial charge in [-0.2, -0.15) is 0 Å². The highest BCUT2D eigenvalue weighted by Crippen LogP contribution is 2.16. The molecule has 0 spiro atoms. The molecular formula is C21H22N6O2. The number of carbonyl (C=O) groups excluding carboxylic acids is 2. The molecule has 1 fully saturated rings. The maximum Gasteiger partial charge on any atom is 0.319 e. The molecular weight excluding hydrogens is 368 g/mol. The number of rotatable bonds is 6. The van der Waals surface area contributed by atoms with Crippen LogP contribution in [-0.2, 0) is 17.9 Å². The summed E-state index contributed by atoms with van der Waals surface area (Å²) in [6.07, 6.45) is 3.18. The van der Waals surface area contributed by atoms with Crippen molar-refractivity contribution in [2.24, 2.45) is 0 Å². The van der Waals surface area contributed by atoms with Gasteiger partial charge in [-0.1, -0.05) is 30.3 Å². The normalized spacial score (nSPS) is 13.5. The fourth-order valence-electron chi connectivity index (χ4n) is 3.30. The van der Waals surface area contributed by atoms with Gasteiger partial charge in [0.05, 0.1) is 6.54 Å². The van der Waals surface area contributed by atoms with Crippen molar-refractivity contribution in [1.29, 1.82) is 0 Å². The molecule has 0 aliphatic carbocycles. The van der Waals surface area contributed by atoms with E-state index in [1.165, 1.54) is 0 Å². The Kier molecular flexibility index (Phi) is 5.51. The third kappa shape index (κ3) is 4.60. The number of nitrogens with one attached hydrogen (secondary N) is 2. The largest absolute Gasteiger partial charge is 0.338 e. The Hall–Kier alpha value is -3.68. The number of nitrogens with zero attached hydrogens (tertiary/aromatic N) is 4. The van der Waals surface area contributed by atoms with E-state index in [4.69, 9.17) is 0 Å². The van der Waals surface area contributed by atoms with Gasteiger partial charge in [0.1, 0.15) is 6.33 Å². The Balaban J connectivity index is 1.30. The molecule has 4 rings (SSSR count). The monoisotopic (exact) mass is 390 g/mol. The minimum absolute atomic E-state index is 0.204. The summed E-state index contributed by atoms with van der Waals surface area (Å²) in [4.78, 5) is 25.8. The van der Waals surface area contributed by atoms with E-state index in [0.29, 0.717) is 24.5 Å². The maximum atomic E-state index is 12.2. The van der Waals surface area contributed by atoms with Crippen molar-refractivity contribution in [3.05, 3.63) is 72.3 Å². The second kappa shape index (κ2) is 8.55. The molecule has 29 heavy (non-hydrogen) atoms. The van der Waals surface area contributed by atoms with Gasteiger partial charge in [0, 0.05) is 30.9 Å². The van der Waals surface area contributed by atoms with Crippen LogP contribution < -0.4 is 10.6 Å². The van der Waals surface area contributed by atoms with E-state index in [1.807, 2.05) is 64.1 Å². The number of urea groups is 1. The first-order valence-corrected chi connectivity index (χ1v) is 9.55. The minimum atomic E-state index is -0.324. The number of hydrogen-bond acceptors (Lipinski definition) is 4. The smallest absolute Gasteiger partial charge is 0.319 e. The molecule has 1 aliphatic heterocycles. The molecule has 3 amide bonds. The molecule has 0 bridgehead atoms. The highest BCUT2D eigenvalue weighted by molar-refractivity contribution is 5.89. The molecule has 2 N–H and O–H groups in total. The summed E-state index contributed by atoms with van der Waals surface area (Å²) >= 11 is 0. The number of likely N-dealkylation sites (tertiary alicyclic amines) is 1. The summed E-state index contributed by atoms with van der Waals surface area (Å²) in [6.45, 7) is 1.67. The maximum absolute atomic E-state index is 12.2. The van der Waals surface area contributed by atoms with Gasteiger partial charge in [-0.15, -0.1) is 10.2 Å². The Morgan fingerprint density at radius 1 is 1.07 bits per heavy atom. The van der Waals surface area contributed by atoms with Crippen LogP contribution in [0.4, 0.5) is 10.5 Å². The summed E-state index contributed by atoms with van der Waals surface area (Å²) < 4.78 is 1.83. The molecule has 8 nitrogen and oxygen atoms in total. The van der Waals surface area contributed by atoms with Crippen molar-refractivity contribution in [2.75, 3.05) is 11.9 Å². The van der Waals surface area contributed by atoms with Crippen LogP contribution in [0.3, 0.4) is 0 Å². The predicted octanol–water partition coefficient (Wildman–Crippen LogP) is 2.71. The van der Waals surface area contributed by atoms with Gasteiger partial charge in [0.2, 0.25) is 5.91 Å². The van der Waals surface area contributed by atoms with E-state index >= 15 is 0 Å². The van der Waals surface area contributed by atoms with Crippen molar-refractivity contribution in [3.63, 3.8) is 0 Å². The Morgan fingerprint density at radius 3 is 2.59 bits per heavy atom. The second-order valence-electron chi connectivity index (χ2n) is 6.88. The first kappa shape index (κ1) is 18.7. The van der Waals surface area contributed by atoms with Crippen molar-refractivity contribution >= 4 is 17.6 Å². The lowest BCUT2D eigenvalue weighted by atomic mass is 10.2. The van der Waals surface area contributed by atoms with E-state index in [1.54, 1.807) is 6.33 Å². The molecule has 0 atom stereocenters. The Morgan fingerprint density at radius 2 is 1.86 bits per heavy atom. The van der Waals surface area contributed by atoms with Crippen LogP contribution in [-0.4, -0.2) is 38.1 Å². The average Bonchev–Trinajstić information content (AvgIpc) is 3.38. The standard InChI is InChI=1S/C21H22N6O2/c28-20-7-4-12-26(20)14-16-8-10-17(11-9-16)24-21(29)22-13-19-25-23-15-27(19)18-5-2-1-3-6-18/h1-3,5-6,8-11,15H,4,7,12-14H2,(H2,22,24,29). The molecule has 1 aromatic heterocycles. The van der Waals surface area contributed by atoms with E-state index in [-0.39, 0.29) is 18.5 Å². The van der Waals surface area contributed by atoms with Crippen LogP contribution >= 0.6 is 0 Å². The van der Waals surface area contributed by atoms with E-state index < -0.39 is 0 Å². The molecule has 2 heterocycles.